The van der Waals surface area contributed by atoms with Gasteiger partial charge in [0, 0.05) is 18.3 Å². The normalized spacial score (nSPS) is 12.3. The number of nitrogens with one attached hydrogen (secondary N) is 4. The van der Waals surface area contributed by atoms with Gasteiger partial charge >= 0.3 is 6.03 Å². The van der Waals surface area contributed by atoms with Crippen LogP contribution in [0.25, 0.3) is 0 Å². The molecule has 11 heteroatoms. The average molecular weight is 497 g/mol. The van der Waals surface area contributed by atoms with Crippen molar-refractivity contribution in [3.05, 3.63) is 59.9 Å². The van der Waals surface area contributed by atoms with Gasteiger partial charge in [0.2, 0.25) is 15.9 Å². The molecule has 0 radical (unpaired) electrons. The summed E-state index contributed by atoms with van der Waals surface area (Å²) < 4.78 is 41.5. The summed E-state index contributed by atoms with van der Waals surface area (Å²) in [6.45, 7) is 3.87. The Morgan fingerprint density at radius 1 is 1.06 bits per heavy atom. The van der Waals surface area contributed by atoms with E-state index in [0.29, 0.717) is 11.4 Å². The first-order valence-corrected chi connectivity index (χ1v) is 13.2. The first-order valence-electron chi connectivity index (χ1n) is 10.3. The molecule has 0 spiro atoms. The fourth-order valence-corrected chi connectivity index (χ4v) is 4.62. The van der Waals surface area contributed by atoms with Gasteiger partial charge < -0.3 is 16.0 Å². The van der Waals surface area contributed by atoms with Crippen molar-refractivity contribution < 1.29 is 22.4 Å². The van der Waals surface area contributed by atoms with E-state index in [4.69, 9.17) is 0 Å². The molecule has 2 rings (SSSR count). The first-order chi connectivity index (χ1) is 15.6. The number of benzene rings is 2. The summed E-state index contributed by atoms with van der Waals surface area (Å²) in [6, 6.07) is 10.5. The van der Waals surface area contributed by atoms with E-state index >= 15 is 0 Å². The lowest BCUT2D eigenvalue weighted by atomic mass is 10.2. The number of carbonyl (C=O) groups is 2. The van der Waals surface area contributed by atoms with Crippen LogP contribution in [-0.2, 0) is 21.4 Å². The van der Waals surface area contributed by atoms with Crippen molar-refractivity contribution in [3.63, 3.8) is 0 Å². The Kier molecular flexibility index (Phi) is 10.1. The largest absolute Gasteiger partial charge is 0.351 e. The lowest BCUT2D eigenvalue weighted by molar-refractivity contribution is -0.122. The van der Waals surface area contributed by atoms with E-state index in [2.05, 4.69) is 20.7 Å². The van der Waals surface area contributed by atoms with E-state index in [1.54, 1.807) is 24.3 Å². The molecule has 33 heavy (non-hydrogen) atoms. The maximum absolute atomic E-state index is 14.0. The third-order valence-corrected chi connectivity index (χ3v) is 6.60. The molecule has 0 saturated carbocycles. The second-order valence-corrected chi connectivity index (χ2v) is 10.2. The molecule has 2 aromatic rings. The summed E-state index contributed by atoms with van der Waals surface area (Å²) in [4.78, 5) is 24.0. The maximum atomic E-state index is 14.0. The topological polar surface area (TPSA) is 116 Å². The van der Waals surface area contributed by atoms with Gasteiger partial charge in [0.05, 0.1) is 0 Å². The van der Waals surface area contributed by atoms with Gasteiger partial charge in [-0.2, -0.15) is 16.5 Å². The molecule has 0 aliphatic carbocycles. The first kappa shape index (κ1) is 26.6. The van der Waals surface area contributed by atoms with E-state index in [1.165, 1.54) is 23.9 Å². The summed E-state index contributed by atoms with van der Waals surface area (Å²) in [7, 11) is -4.22. The highest BCUT2D eigenvalue weighted by atomic mass is 32.2. The fourth-order valence-electron chi connectivity index (χ4n) is 2.84. The molecule has 0 aliphatic rings. The van der Waals surface area contributed by atoms with Gasteiger partial charge in [0.1, 0.15) is 16.8 Å². The Labute approximate surface area is 198 Å². The summed E-state index contributed by atoms with van der Waals surface area (Å²) in [5.41, 5.74) is 1.36. The number of halogens is 1. The Bertz CT molecular complexity index is 1050. The Morgan fingerprint density at radius 2 is 1.73 bits per heavy atom. The van der Waals surface area contributed by atoms with Crippen molar-refractivity contribution in [2.75, 3.05) is 17.3 Å². The van der Waals surface area contributed by atoms with Gasteiger partial charge in [-0.25, -0.2) is 17.6 Å². The van der Waals surface area contributed by atoms with E-state index < -0.39 is 32.7 Å². The third kappa shape index (κ3) is 8.67. The fraction of sp³-hybridized carbons (Fsp3) is 0.364. The lowest BCUT2D eigenvalue weighted by Crippen LogP contribution is -2.46. The zero-order chi connectivity index (χ0) is 24.4. The molecule has 0 fully saturated rings. The average Bonchev–Trinajstić information content (AvgIpc) is 2.75. The van der Waals surface area contributed by atoms with Crippen LogP contribution in [0.4, 0.5) is 14.9 Å². The van der Waals surface area contributed by atoms with E-state index in [1.807, 2.05) is 20.1 Å². The smallest absolute Gasteiger partial charge is 0.319 e. The predicted octanol–water partition coefficient (Wildman–Crippen LogP) is 3.07. The molecule has 0 heterocycles. The predicted molar refractivity (Wildman–Crippen MR) is 129 cm³/mol. The zero-order valence-corrected chi connectivity index (χ0v) is 20.4. The highest BCUT2D eigenvalue weighted by Crippen LogP contribution is 2.15. The van der Waals surface area contributed by atoms with Crippen LogP contribution in [0.15, 0.2) is 53.4 Å². The standard InChI is InChI=1S/C22H29FN4O4S2/c1-15(2)25-22(29)26-17-10-8-16(9-11-17)14-24-21(28)19(12-13-32-3)27-33(30,31)20-7-5-4-6-18(20)23/h4-11,15,19,27H,12-14H2,1-3H3,(H,24,28)(H2,25,26,29). The number of rotatable bonds is 11. The number of thioether (sulfide) groups is 1. The molecular formula is C22H29FN4O4S2. The SMILES string of the molecule is CSCCC(NS(=O)(=O)c1ccccc1F)C(=O)NCc1ccc(NC(=O)NC(C)C)cc1. The van der Waals surface area contributed by atoms with Crippen molar-refractivity contribution >= 4 is 39.4 Å². The number of hydrogen-bond acceptors (Lipinski definition) is 5. The van der Waals surface area contributed by atoms with Crippen LogP contribution in [0.3, 0.4) is 0 Å². The minimum absolute atomic E-state index is 0.00865. The van der Waals surface area contributed by atoms with Crippen LogP contribution in [0.2, 0.25) is 0 Å². The molecule has 0 aromatic heterocycles. The molecule has 0 aliphatic heterocycles. The second kappa shape index (κ2) is 12.6. The number of sulfonamides is 1. The van der Waals surface area contributed by atoms with Crippen molar-refractivity contribution in [2.24, 2.45) is 0 Å². The van der Waals surface area contributed by atoms with Gasteiger partial charge in [-0.05, 0) is 62.1 Å². The van der Waals surface area contributed by atoms with Crippen LogP contribution in [-0.4, -0.2) is 44.4 Å². The van der Waals surface area contributed by atoms with Gasteiger partial charge in [-0.1, -0.05) is 24.3 Å². The van der Waals surface area contributed by atoms with Crippen molar-refractivity contribution in [1.29, 1.82) is 0 Å². The molecule has 180 valence electrons. The second-order valence-electron chi connectivity index (χ2n) is 7.55. The van der Waals surface area contributed by atoms with Gasteiger partial charge in [0.25, 0.3) is 0 Å². The number of anilines is 1. The Balaban J connectivity index is 2.01. The van der Waals surface area contributed by atoms with E-state index in [9.17, 15) is 22.4 Å². The van der Waals surface area contributed by atoms with Crippen LogP contribution in [0, 0.1) is 5.82 Å². The van der Waals surface area contributed by atoms with Crippen LogP contribution < -0.4 is 20.7 Å². The van der Waals surface area contributed by atoms with Crippen molar-refractivity contribution in [2.45, 2.75) is 43.8 Å². The molecule has 3 amide bonds. The van der Waals surface area contributed by atoms with Gasteiger partial charge in [0.15, 0.2) is 0 Å². The molecular weight excluding hydrogens is 467 g/mol. The quantitative estimate of drug-likeness (QED) is 0.382. The summed E-state index contributed by atoms with van der Waals surface area (Å²) in [5, 5.41) is 8.14. The summed E-state index contributed by atoms with van der Waals surface area (Å²) in [5.74, 6) is -0.858. The number of urea groups is 1. The minimum atomic E-state index is -4.22. The number of hydrogen-bond donors (Lipinski definition) is 4. The van der Waals surface area contributed by atoms with Crippen molar-refractivity contribution in [3.8, 4) is 0 Å². The summed E-state index contributed by atoms with van der Waals surface area (Å²) >= 11 is 1.47. The van der Waals surface area contributed by atoms with Gasteiger partial charge in [-0.15, -0.1) is 0 Å². The highest BCUT2D eigenvalue weighted by Gasteiger charge is 2.27. The van der Waals surface area contributed by atoms with E-state index in [0.717, 1.165) is 17.7 Å². The highest BCUT2D eigenvalue weighted by molar-refractivity contribution is 7.98. The number of amides is 3. The molecule has 2 aromatic carbocycles. The van der Waals surface area contributed by atoms with Crippen LogP contribution >= 0.6 is 11.8 Å². The lowest BCUT2D eigenvalue weighted by Gasteiger charge is -2.18. The summed E-state index contributed by atoms with van der Waals surface area (Å²) in [6.07, 6.45) is 2.09. The van der Waals surface area contributed by atoms with Crippen LogP contribution in [0.5, 0.6) is 0 Å². The molecule has 1 atom stereocenters. The Hall–Kier alpha value is -2.63. The minimum Gasteiger partial charge on any atom is -0.351 e. The monoisotopic (exact) mass is 496 g/mol. The molecule has 4 N–H and O–H groups in total. The zero-order valence-electron chi connectivity index (χ0n) is 18.7. The van der Waals surface area contributed by atoms with Gasteiger partial charge in [-0.3, -0.25) is 4.79 Å². The van der Waals surface area contributed by atoms with Crippen LogP contribution in [0.1, 0.15) is 25.8 Å². The number of carbonyl (C=O) groups excluding carboxylic acids is 2. The maximum Gasteiger partial charge on any atom is 0.319 e. The Morgan fingerprint density at radius 3 is 2.33 bits per heavy atom. The molecule has 1 unspecified atom stereocenters. The molecule has 0 bridgehead atoms. The molecule has 8 nitrogen and oxygen atoms in total. The third-order valence-electron chi connectivity index (χ3n) is 4.45. The van der Waals surface area contributed by atoms with E-state index in [-0.39, 0.29) is 25.0 Å². The van der Waals surface area contributed by atoms with Crippen molar-refractivity contribution in [1.82, 2.24) is 15.4 Å². The molecule has 0 saturated heterocycles.